The number of aliphatic hydroxyl groups is 1. The van der Waals surface area contributed by atoms with Gasteiger partial charge in [0.1, 0.15) is 27.7 Å². The van der Waals surface area contributed by atoms with Gasteiger partial charge in [0.25, 0.3) is 0 Å². The largest absolute Gasteiger partial charge is 0.379 e. The summed E-state index contributed by atoms with van der Waals surface area (Å²) in [6, 6.07) is 12.1. The van der Waals surface area contributed by atoms with Crippen molar-refractivity contribution in [1.29, 1.82) is 0 Å². The minimum Gasteiger partial charge on any atom is -0.379 e. The van der Waals surface area contributed by atoms with Gasteiger partial charge in [-0.25, -0.2) is 0 Å². The summed E-state index contributed by atoms with van der Waals surface area (Å²) < 4.78 is 0. The zero-order valence-electron chi connectivity index (χ0n) is 26.5. The number of H-pyrrole nitrogens is 2. The van der Waals surface area contributed by atoms with Gasteiger partial charge in [-0.15, -0.1) is 6.58 Å². The Morgan fingerprint density at radius 2 is 1.12 bits per heavy atom. The van der Waals surface area contributed by atoms with Crippen LogP contribution in [0.3, 0.4) is 0 Å². The number of unbranched alkanes of at least 4 members (excludes halogenated alkanes) is 4. The molecule has 2 aromatic carbocycles. The third kappa shape index (κ3) is 5.05. The molecule has 4 aromatic rings. The molecular formula is C36H48N6O. The van der Waals surface area contributed by atoms with Gasteiger partial charge in [0.05, 0.1) is 5.41 Å². The molecule has 0 radical (unpaired) electrons. The van der Waals surface area contributed by atoms with E-state index < -0.39 is 11.0 Å². The second kappa shape index (κ2) is 13.4. The Bertz CT molecular complexity index is 1630. The standard InChI is InChI=1S/C36H48N6O/c1-6-11-17-25-26(18-12-7-2)28(20-14-9-4)36(43,30-22-16-24-32-34(30)40-42-38-32)35(10-5,27(25)19-13-8-3)29-21-15-23-31-33(29)39-41-37-31/h10,15-16,21-24,43H,5-9,11-14,17-20H2,1-4H3,(H,37,39,41)(H,38,40,42). The van der Waals surface area contributed by atoms with Crippen LogP contribution < -0.4 is 0 Å². The zero-order chi connectivity index (χ0) is 30.5. The first kappa shape index (κ1) is 30.9. The molecule has 0 amide bonds. The van der Waals surface area contributed by atoms with Crippen LogP contribution in [0.1, 0.15) is 116 Å². The molecule has 0 bridgehead atoms. The second-order valence-corrected chi connectivity index (χ2v) is 12.0. The van der Waals surface area contributed by atoms with Gasteiger partial charge in [0, 0.05) is 5.56 Å². The number of fused-ring (bicyclic) bond motifs is 2. The fraction of sp³-hybridized carbons (Fsp3) is 0.500. The minimum atomic E-state index is -1.46. The van der Waals surface area contributed by atoms with Gasteiger partial charge in [-0.05, 0) is 91.4 Å². The van der Waals surface area contributed by atoms with Gasteiger partial charge in [0.15, 0.2) is 0 Å². The fourth-order valence-corrected chi connectivity index (χ4v) is 7.43. The van der Waals surface area contributed by atoms with Crippen molar-refractivity contribution in [2.45, 2.75) is 116 Å². The fourth-order valence-electron chi connectivity index (χ4n) is 7.43. The van der Waals surface area contributed by atoms with Gasteiger partial charge in [-0.1, -0.05) is 83.7 Å². The number of aromatic amines is 2. The number of allylic oxidation sites excluding steroid dienone is 2. The number of nitrogens with one attached hydrogen (secondary N) is 2. The molecule has 0 fully saturated rings. The molecule has 0 saturated carbocycles. The van der Waals surface area contributed by atoms with E-state index in [0.717, 1.165) is 110 Å². The van der Waals surface area contributed by atoms with Gasteiger partial charge < -0.3 is 5.11 Å². The predicted molar refractivity (Wildman–Crippen MR) is 176 cm³/mol. The number of hydrogen-bond donors (Lipinski definition) is 3. The lowest BCUT2D eigenvalue weighted by atomic mass is 9.51. The number of nitrogens with zero attached hydrogens (tertiary/aromatic N) is 4. The third-order valence-corrected chi connectivity index (χ3v) is 9.51. The summed E-state index contributed by atoms with van der Waals surface area (Å²) in [5.41, 5.74) is 7.36. The summed E-state index contributed by atoms with van der Waals surface area (Å²) in [6.45, 7) is 13.6. The highest BCUT2D eigenvalue weighted by Crippen LogP contribution is 2.62. The monoisotopic (exact) mass is 580 g/mol. The zero-order valence-corrected chi connectivity index (χ0v) is 26.5. The summed E-state index contributed by atoms with van der Waals surface area (Å²) in [5, 5.41) is 38.0. The van der Waals surface area contributed by atoms with Crippen molar-refractivity contribution in [1.82, 2.24) is 30.8 Å². The molecule has 5 rings (SSSR count). The molecule has 0 aliphatic heterocycles. The van der Waals surface area contributed by atoms with Crippen LogP contribution in [0, 0.1) is 0 Å². The lowest BCUT2D eigenvalue weighted by Crippen LogP contribution is -2.54. The highest BCUT2D eigenvalue weighted by Gasteiger charge is 2.59. The van der Waals surface area contributed by atoms with Crippen molar-refractivity contribution >= 4 is 22.1 Å². The van der Waals surface area contributed by atoms with E-state index in [1.165, 1.54) is 16.7 Å². The second-order valence-electron chi connectivity index (χ2n) is 12.0. The van der Waals surface area contributed by atoms with Crippen molar-refractivity contribution in [2.24, 2.45) is 0 Å². The molecule has 43 heavy (non-hydrogen) atoms. The van der Waals surface area contributed by atoms with E-state index in [0.29, 0.717) is 5.52 Å². The Kier molecular flexibility index (Phi) is 9.60. The Morgan fingerprint density at radius 1 is 0.651 bits per heavy atom. The molecule has 2 aromatic heterocycles. The molecule has 7 nitrogen and oxygen atoms in total. The molecule has 1 aliphatic rings. The van der Waals surface area contributed by atoms with Crippen LogP contribution in [0.4, 0.5) is 0 Å². The number of aromatic nitrogens is 6. The first-order valence-electron chi connectivity index (χ1n) is 16.4. The maximum Gasteiger partial charge on any atom is 0.130 e. The van der Waals surface area contributed by atoms with Crippen LogP contribution in [0.25, 0.3) is 22.1 Å². The quantitative estimate of drug-likeness (QED) is 0.122. The highest BCUT2D eigenvalue weighted by atomic mass is 16.3. The SMILES string of the molecule is C=CC1(c2cccc3n[nH]nc23)C(CCCC)=C(CCCC)C(CCCC)=C(CCCC)C1(O)c1cccc2n[nH]nc12. The topological polar surface area (TPSA) is 103 Å². The maximum atomic E-state index is 14.1. The molecular weight excluding hydrogens is 532 g/mol. The van der Waals surface area contributed by atoms with E-state index in [-0.39, 0.29) is 0 Å². The van der Waals surface area contributed by atoms with Crippen LogP contribution in [0.5, 0.6) is 0 Å². The first-order chi connectivity index (χ1) is 21.0. The Morgan fingerprint density at radius 3 is 1.65 bits per heavy atom. The smallest absolute Gasteiger partial charge is 0.130 e. The van der Waals surface area contributed by atoms with Crippen LogP contribution >= 0.6 is 0 Å². The van der Waals surface area contributed by atoms with Crippen molar-refractivity contribution in [3.05, 3.63) is 82.5 Å². The summed E-state index contributed by atoms with van der Waals surface area (Å²) in [7, 11) is 0. The number of rotatable bonds is 15. The van der Waals surface area contributed by atoms with E-state index in [1.54, 1.807) is 0 Å². The molecule has 0 spiro atoms. The summed E-state index contributed by atoms with van der Waals surface area (Å²) in [4.78, 5) is 0. The summed E-state index contributed by atoms with van der Waals surface area (Å²) in [6.07, 6.45) is 14.1. The predicted octanol–water partition coefficient (Wildman–Crippen LogP) is 8.91. The number of hydrogen-bond acceptors (Lipinski definition) is 5. The normalized spacial score (nSPS) is 21.0. The maximum absolute atomic E-state index is 14.1. The van der Waals surface area contributed by atoms with E-state index in [2.05, 4.69) is 71.2 Å². The molecule has 1 aliphatic carbocycles. The van der Waals surface area contributed by atoms with E-state index in [1.807, 2.05) is 36.4 Å². The average molecular weight is 581 g/mol. The molecule has 2 unspecified atom stereocenters. The lowest BCUT2D eigenvalue weighted by Gasteiger charge is -2.54. The Balaban J connectivity index is 2.01. The first-order valence-corrected chi connectivity index (χ1v) is 16.4. The van der Waals surface area contributed by atoms with Crippen molar-refractivity contribution in [3.63, 3.8) is 0 Å². The van der Waals surface area contributed by atoms with Crippen LogP contribution in [0.2, 0.25) is 0 Å². The van der Waals surface area contributed by atoms with Crippen LogP contribution in [-0.4, -0.2) is 35.9 Å². The van der Waals surface area contributed by atoms with Crippen molar-refractivity contribution < 1.29 is 5.11 Å². The van der Waals surface area contributed by atoms with Gasteiger partial charge in [-0.2, -0.15) is 30.8 Å². The van der Waals surface area contributed by atoms with Gasteiger partial charge in [-0.3, -0.25) is 0 Å². The Hall–Kier alpha value is -3.58. The number of benzene rings is 2. The van der Waals surface area contributed by atoms with E-state index in [4.69, 9.17) is 0 Å². The molecule has 2 atom stereocenters. The number of para-hydroxylation sites is 2. The third-order valence-electron chi connectivity index (χ3n) is 9.51. The summed E-state index contributed by atoms with van der Waals surface area (Å²) >= 11 is 0. The minimum absolute atomic E-state index is 0.694. The Labute approximate surface area is 256 Å². The molecule has 3 N–H and O–H groups in total. The molecule has 228 valence electrons. The average Bonchev–Trinajstić information content (AvgIpc) is 3.72. The highest BCUT2D eigenvalue weighted by molar-refractivity contribution is 5.85. The summed E-state index contributed by atoms with van der Waals surface area (Å²) in [5.74, 6) is 0. The molecule has 0 saturated heterocycles. The molecule has 7 heteroatoms. The molecule has 2 heterocycles. The van der Waals surface area contributed by atoms with Crippen LogP contribution in [-0.2, 0) is 11.0 Å². The van der Waals surface area contributed by atoms with E-state index in [9.17, 15) is 5.11 Å². The van der Waals surface area contributed by atoms with E-state index >= 15 is 0 Å². The van der Waals surface area contributed by atoms with Gasteiger partial charge >= 0.3 is 0 Å². The van der Waals surface area contributed by atoms with Crippen molar-refractivity contribution in [2.75, 3.05) is 0 Å². The van der Waals surface area contributed by atoms with Crippen molar-refractivity contribution in [3.8, 4) is 0 Å². The lowest BCUT2D eigenvalue weighted by molar-refractivity contribution is 0.0176. The van der Waals surface area contributed by atoms with Gasteiger partial charge in [0.2, 0.25) is 0 Å². The van der Waals surface area contributed by atoms with Crippen LogP contribution in [0.15, 0.2) is 71.3 Å².